The third-order valence-electron chi connectivity index (χ3n) is 2.22. The zero-order valence-electron chi connectivity index (χ0n) is 11.7. The predicted octanol–water partition coefficient (Wildman–Crippen LogP) is 3.00. The molecule has 0 fully saturated rings. The van der Waals surface area contributed by atoms with Crippen molar-refractivity contribution in [3.63, 3.8) is 0 Å². The van der Waals surface area contributed by atoms with Crippen molar-refractivity contribution in [3.8, 4) is 5.75 Å². The molecule has 0 saturated carbocycles. The van der Waals surface area contributed by atoms with Gasteiger partial charge in [-0.05, 0) is 31.2 Å². The molecule has 0 saturated heterocycles. The van der Waals surface area contributed by atoms with Crippen molar-refractivity contribution in [2.45, 2.75) is 13.5 Å². The lowest BCUT2D eigenvalue weighted by Gasteiger charge is -2.09. The van der Waals surface area contributed by atoms with Gasteiger partial charge >= 0.3 is 12.6 Å². The number of alkyl halides is 2. The number of halogens is 2. The monoisotopic (exact) mass is 300 g/mol. The molecule has 1 aromatic rings. The summed E-state index contributed by atoms with van der Waals surface area (Å²) < 4.78 is 33.3. The highest BCUT2D eigenvalue weighted by atomic mass is 19.3. The molecule has 1 aromatic carbocycles. The van der Waals surface area contributed by atoms with Crippen molar-refractivity contribution in [1.82, 2.24) is 5.32 Å². The number of benzene rings is 1. The summed E-state index contributed by atoms with van der Waals surface area (Å²) in [7, 11) is 0. The van der Waals surface area contributed by atoms with Gasteiger partial charge in [0, 0.05) is 12.2 Å². The molecule has 1 rings (SSSR count). The Balaban J connectivity index is 2.26. The Labute approximate surface area is 121 Å². The Kier molecular flexibility index (Phi) is 7.17. The highest BCUT2D eigenvalue weighted by molar-refractivity contribution is 5.89. The third kappa shape index (κ3) is 7.88. The van der Waals surface area contributed by atoms with E-state index in [1.54, 1.807) is 0 Å². The lowest BCUT2D eigenvalue weighted by molar-refractivity contribution is -0.0498. The van der Waals surface area contributed by atoms with Crippen molar-refractivity contribution < 1.29 is 23.0 Å². The van der Waals surface area contributed by atoms with E-state index in [0.29, 0.717) is 25.4 Å². The second-order valence-corrected chi connectivity index (χ2v) is 4.29. The summed E-state index contributed by atoms with van der Waals surface area (Å²) >= 11 is 0. The molecule has 0 aromatic heterocycles. The summed E-state index contributed by atoms with van der Waals surface area (Å²) in [4.78, 5) is 11.5. The van der Waals surface area contributed by atoms with Crippen molar-refractivity contribution >= 4 is 11.7 Å². The molecular formula is C14H18F2N2O3. The van der Waals surface area contributed by atoms with E-state index >= 15 is 0 Å². The van der Waals surface area contributed by atoms with Crippen LogP contribution in [-0.4, -0.2) is 32.4 Å². The molecule has 0 aliphatic carbocycles. The van der Waals surface area contributed by atoms with E-state index < -0.39 is 12.6 Å². The molecule has 0 aliphatic rings. The van der Waals surface area contributed by atoms with Crippen LogP contribution in [0.15, 0.2) is 36.4 Å². The van der Waals surface area contributed by atoms with Crippen LogP contribution in [0.5, 0.6) is 5.75 Å². The first kappa shape index (κ1) is 16.9. The average Bonchev–Trinajstić information content (AvgIpc) is 2.39. The highest BCUT2D eigenvalue weighted by Crippen LogP contribution is 2.17. The lowest BCUT2D eigenvalue weighted by atomic mass is 10.3. The van der Waals surface area contributed by atoms with Crippen molar-refractivity contribution in [2.24, 2.45) is 0 Å². The SMILES string of the molecule is C=C(C)COCCNC(=O)Nc1ccc(OC(F)F)cc1. The maximum Gasteiger partial charge on any atom is 0.387 e. The second-order valence-electron chi connectivity index (χ2n) is 4.29. The number of carbonyl (C=O) groups is 1. The minimum atomic E-state index is -2.87. The standard InChI is InChI=1S/C14H18F2N2O3/c1-10(2)9-20-8-7-17-14(19)18-11-3-5-12(6-4-11)21-13(15)16/h3-6,13H,1,7-9H2,2H3,(H2,17,18,19). The van der Waals surface area contributed by atoms with Crippen LogP contribution in [0.3, 0.4) is 0 Å². The van der Waals surface area contributed by atoms with E-state index in [2.05, 4.69) is 21.9 Å². The van der Waals surface area contributed by atoms with Gasteiger partial charge in [0.2, 0.25) is 0 Å². The van der Waals surface area contributed by atoms with Crippen LogP contribution in [0.1, 0.15) is 6.92 Å². The van der Waals surface area contributed by atoms with Gasteiger partial charge in [0.15, 0.2) is 0 Å². The third-order valence-corrected chi connectivity index (χ3v) is 2.22. The van der Waals surface area contributed by atoms with Crippen LogP contribution in [0.25, 0.3) is 0 Å². The lowest BCUT2D eigenvalue weighted by Crippen LogP contribution is -2.31. The molecule has 0 heterocycles. The molecule has 0 bridgehead atoms. The minimum absolute atomic E-state index is 0.0316. The fourth-order valence-corrected chi connectivity index (χ4v) is 1.38. The normalized spacial score (nSPS) is 10.3. The first-order chi connectivity index (χ1) is 9.97. The van der Waals surface area contributed by atoms with Gasteiger partial charge in [-0.15, -0.1) is 0 Å². The van der Waals surface area contributed by atoms with E-state index in [1.807, 2.05) is 6.92 Å². The van der Waals surface area contributed by atoms with Crippen LogP contribution in [0.4, 0.5) is 19.3 Å². The number of nitrogens with one attached hydrogen (secondary N) is 2. The first-order valence-electron chi connectivity index (χ1n) is 6.29. The fourth-order valence-electron chi connectivity index (χ4n) is 1.38. The summed E-state index contributed by atoms with van der Waals surface area (Å²) in [6.45, 7) is 3.85. The first-order valence-corrected chi connectivity index (χ1v) is 6.29. The van der Waals surface area contributed by atoms with Crippen LogP contribution >= 0.6 is 0 Å². The van der Waals surface area contributed by atoms with E-state index in [-0.39, 0.29) is 5.75 Å². The molecule has 21 heavy (non-hydrogen) atoms. The van der Waals surface area contributed by atoms with E-state index in [0.717, 1.165) is 5.57 Å². The zero-order chi connectivity index (χ0) is 15.7. The number of hydrogen-bond acceptors (Lipinski definition) is 3. The summed E-state index contributed by atoms with van der Waals surface area (Å²) in [5.41, 5.74) is 1.38. The maximum absolute atomic E-state index is 12.0. The number of rotatable bonds is 8. The zero-order valence-corrected chi connectivity index (χ0v) is 11.7. The summed E-state index contributed by atoms with van der Waals surface area (Å²) in [6, 6.07) is 5.22. The maximum atomic E-state index is 12.0. The van der Waals surface area contributed by atoms with Gasteiger partial charge in [0.05, 0.1) is 13.2 Å². The molecule has 0 atom stereocenters. The minimum Gasteiger partial charge on any atom is -0.435 e. The smallest absolute Gasteiger partial charge is 0.387 e. The van der Waals surface area contributed by atoms with E-state index in [1.165, 1.54) is 24.3 Å². The van der Waals surface area contributed by atoms with Gasteiger partial charge in [0.25, 0.3) is 0 Å². The number of urea groups is 1. The van der Waals surface area contributed by atoms with Gasteiger partial charge in [-0.3, -0.25) is 0 Å². The van der Waals surface area contributed by atoms with Crippen molar-refractivity contribution in [3.05, 3.63) is 36.4 Å². The van der Waals surface area contributed by atoms with E-state index in [4.69, 9.17) is 4.74 Å². The van der Waals surface area contributed by atoms with Crippen molar-refractivity contribution in [1.29, 1.82) is 0 Å². The van der Waals surface area contributed by atoms with Crippen LogP contribution in [-0.2, 0) is 4.74 Å². The highest BCUT2D eigenvalue weighted by Gasteiger charge is 2.05. The van der Waals surface area contributed by atoms with Gasteiger partial charge in [-0.1, -0.05) is 12.2 Å². The Hall–Kier alpha value is -2.15. The molecular weight excluding hydrogens is 282 g/mol. The fraction of sp³-hybridized carbons (Fsp3) is 0.357. The molecule has 7 heteroatoms. The number of hydrogen-bond donors (Lipinski definition) is 2. The topological polar surface area (TPSA) is 59.6 Å². The van der Waals surface area contributed by atoms with E-state index in [9.17, 15) is 13.6 Å². The van der Waals surface area contributed by atoms with Gasteiger partial charge in [-0.2, -0.15) is 8.78 Å². The molecule has 0 radical (unpaired) electrons. The number of anilines is 1. The molecule has 5 nitrogen and oxygen atoms in total. The largest absolute Gasteiger partial charge is 0.435 e. The van der Waals surface area contributed by atoms with Crippen LogP contribution < -0.4 is 15.4 Å². The Bertz CT molecular complexity index is 464. The van der Waals surface area contributed by atoms with Gasteiger partial charge in [0.1, 0.15) is 5.75 Å². The Morgan fingerprint density at radius 2 is 2.00 bits per heavy atom. The molecule has 2 amide bonds. The quantitative estimate of drug-likeness (QED) is 0.573. The van der Waals surface area contributed by atoms with Gasteiger partial charge < -0.3 is 20.1 Å². The summed E-state index contributed by atoms with van der Waals surface area (Å²) in [6.07, 6.45) is 0. The summed E-state index contributed by atoms with van der Waals surface area (Å²) in [5, 5.41) is 5.15. The molecule has 0 spiro atoms. The van der Waals surface area contributed by atoms with Crippen LogP contribution in [0, 0.1) is 0 Å². The van der Waals surface area contributed by atoms with Crippen molar-refractivity contribution in [2.75, 3.05) is 25.1 Å². The number of carbonyl (C=O) groups excluding carboxylic acids is 1. The molecule has 0 unspecified atom stereocenters. The Morgan fingerprint density at radius 3 is 2.57 bits per heavy atom. The number of ether oxygens (including phenoxy) is 2. The van der Waals surface area contributed by atoms with Crippen LogP contribution in [0.2, 0.25) is 0 Å². The Morgan fingerprint density at radius 1 is 1.33 bits per heavy atom. The molecule has 0 aliphatic heterocycles. The predicted molar refractivity (Wildman–Crippen MR) is 75.7 cm³/mol. The molecule has 2 N–H and O–H groups in total. The summed E-state index contributed by atoms with van der Waals surface area (Å²) in [5.74, 6) is 0.0316. The number of amides is 2. The average molecular weight is 300 g/mol. The molecule has 116 valence electrons. The van der Waals surface area contributed by atoms with Gasteiger partial charge in [-0.25, -0.2) is 4.79 Å². The second kappa shape index (κ2) is 8.91.